The van der Waals surface area contributed by atoms with Crippen molar-refractivity contribution in [2.45, 2.75) is 44.6 Å². The second-order valence-electron chi connectivity index (χ2n) is 7.82. The Hall–Kier alpha value is -2.47. The number of hydrogen-bond acceptors (Lipinski definition) is 4. The highest BCUT2D eigenvalue weighted by molar-refractivity contribution is 5.98. The fraction of sp³-hybridized carbons (Fsp3) is 0.500. The van der Waals surface area contributed by atoms with Crippen molar-refractivity contribution in [2.24, 2.45) is 7.05 Å². The van der Waals surface area contributed by atoms with Gasteiger partial charge in [0.05, 0.1) is 0 Å². The number of Topliss-reactive ketones (excluding diaryl/α,β-unsaturated/α-hetero) is 1. The fourth-order valence-corrected chi connectivity index (χ4v) is 4.35. The lowest BCUT2D eigenvalue weighted by Crippen LogP contribution is -2.49. The van der Waals surface area contributed by atoms with Gasteiger partial charge >= 0.3 is 0 Å². The molecular formula is C22H28N4O2. The van der Waals surface area contributed by atoms with Crippen LogP contribution in [0.1, 0.15) is 59.0 Å². The van der Waals surface area contributed by atoms with Gasteiger partial charge in [0.25, 0.3) is 0 Å². The first-order valence-electron chi connectivity index (χ1n) is 10.3. The highest BCUT2D eigenvalue weighted by Crippen LogP contribution is 2.24. The molecule has 2 aromatic rings. The fourth-order valence-electron chi connectivity index (χ4n) is 4.35. The lowest BCUT2D eigenvalue weighted by Gasteiger charge is -2.35. The topological polar surface area (TPSA) is 67.2 Å². The molecule has 148 valence electrons. The van der Waals surface area contributed by atoms with E-state index in [4.69, 9.17) is 0 Å². The van der Waals surface area contributed by atoms with E-state index in [9.17, 15) is 9.59 Å². The van der Waals surface area contributed by atoms with Gasteiger partial charge in [0.15, 0.2) is 5.78 Å². The summed E-state index contributed by atoms with van der Waals surface area (Å²) in [6.45, 7) is 2.10. The van der Waals surface area contributed by atoms with Crippen LogP contribution in [-0.2, 0) is 24.7 Å². The number of rotatable bonds is 5. The third kappa shape index (κ3) is 3.87. The minimum Gasteiger partial charge on any atom is -0.336 e. The number of piperazine rings is 1. The summed E-state index contributed by atoms with van der Waals surface area (Å²) in [6, 6.07) is 5.98. The van der Waals surface area contributed by atoms with Crippen LogP contribution in [0.15, 0.2) is 30.6 Å². The van der Waals surface area contributed by atoms with Crippen molar-refractivity contribution in [1.29, 1.82) is 0 Å². The van der Waals surface area contributed by atoms with E-state index in [2.05, 4.69) is 16.4 Å². The number of amides is 1. The van der Waals surface area contributed by atoms with Crippen molar-refractivity contribution in [3.63, 3.8) is 0 Å². The molecule has 1 fully saturated rings. The molecule has 1 N–H and O–H groups in total. The summed E-state index contributed by atoms with van der Waals surface area (Å²) in [6.07, 6.45) is 8.75. The van der Waals surface area contributed by atoms with Crippen LogP contribution in [0, 0.1) is 0 Å². The molecule has 6 heteroatoms. The van der Waals surface area contributed by atoms with Gasteiger partial charge in [-0.3, -0.25) is 9.59 Å². The average Bonchev–Trinajstić information content (AvgIpc) is 3.17. The number of carbonyl (C=O) groups excluding carboxylic acids is 2. The SMILES string of the molecule is Cn1ccnc1C1CNCCN1C(=O)CCC(=O)c1ccc2c(c1)CCCC2. The Kier molecular flexibility index (Phi) is 5.57. The van der Waals surface area contributed by atoms with Gasteiger partial charge in [0.1, 0.15) is 11.9 Å². The van der Waals surface area contributed by atoms with E-state index in [1.165, 1.54) is 24.0 Å². The predicted molar refractivity (Wildman–Crippen MR) is 107 cm³/mol. The van der Waals surface area contributed by atoms with E-state index in [1.54, 1.807) is 6.20 Å². The molecule has 1 atom stereocenters. The largest absolute Gasteiger partial charge is 0.336 e. The zero-order valence-corrected chi connectivity index (χ0v) is 16.5. The molecule has 1 aliphatic heterocycles. The first-order valence-corrected chi connectivity index (χ1v) is 10.3. The minimum absolute atomic E-state index is 0.0285. The van der Waals surface area contributed by atoms with Gasteiger partial charge in [0, 0.05) is 57.5 Å². The molecule has 1 aromatic carbocycles. The Balaban J connectivity index is 1.40. The van der Waals surface area contributed by atoms with Crippen molar-refractivity contribution in [2.75, 3.05) is 19.6 Å². The Morgan fingerprint density at radius 3 is 2.79 bits per heavy atom. The molecular weight excluding hydrogens is 352 g/mol. The van der Waals surface area contributed by atoms with Crippen molar-refractivity contribution < 1.29 is 9.59 Å². The molecule has 2 heterocycles. The first kappa shape index (κ1) is 18.9. The van der Waals surface area contributed by atoms with Crippen LogP contribution in [0.25, 0.3) is 0 Å². The van der Waals surface area contributed by atoms with Gasteiger partial charge in [0.2, 0.25) is 5.91 Å². The lowest BCUT2D eigenvalue weighted by atomic mass is 9.89. The molecule has 0 saturated carbocycles. The van der Waals surface area contributed by atoms with Gasteiger partial charge in [-0.2, -0.15) is 0 Å². The highest BCUT2D eigenvalue weighted by Gasteiger charge is 2.30. The van der Waals surface area contributed by atoms with Crippen LogP contribution in [0.3, 0.4) is 0 Å². The molecule has 1 unspecified atom stereocenters. The number of fused-ring (bicyclic) bond motifs is 1. The van der Waals surface area contributed by atoms with Gasteiger partial charge in [-0.25, -0.2) is 4.98 Å². The van der Waals surface area contributed by atoms with Crippen LogP contribution in [0.5, 0.6) is 0 Å². The summed E-state index contributed by atoms with van der Waals surface area (Å²) >= 11 is 0. The van der Waals surface area contributed by atoms with Crippen molar-refractivity contribution in [3.8, 4) is 0 Å². The normalized spacial score (nSPS) is 19.3. The Morgan fingerprint density at radius 1 is 1.18 bits per heavy atom. The molecule has 2 aliphatic rings. The first-order chi connectivity index (χ1) is 13.6. The number of hydrogen-bond donors (Lipinski definition) is 1. The maximum atomic E-state index is 12.9. The number of aromatic nitrogens is 2. The number of aryl methyl sites for hydroxylation is 3. The summed E-state index contributed by atoms with van der Waals surface area (Å²) in [4.78, 5) is 31.9. The van der Waals surface area contributed by atoms with Crippen LogP contribution < -0.4 is 5.32 Å². The zero-order chi connectivity index (χ0) is 19.5. The van der Waals surface area contributed by atoms with E-state index in [0.29, 0.717) is 13.1 Å². The number of carbonyl (C=O) groups is 2. The standard InChI is InChI=1S/C22H28N4O2/c1-25-12-11-24-22(25)19-15-23-10-13-26(19)21(28)9-8-20(27)18-7-6-16-4-2-3-5-17(16)14-18/h6-7,11-12,14,19,23H,2-5,8-10,13,15H2,1H3. The van der Waals surface area contributed by atoms with Crippen LogP contribution in [0.2, 0.25) is 0 Å². The second kappa shape index (κ2) is 8.27. The molecule has 1 amide bonds. The summed E-state index contributed by atoms with van der Waals surface area (Å²) in [7, 11) is 1.94. The van der Waals surface area contributed by atoms with Crippen molar-refractivity contribution in [1.82, 2.24) is 19.8 Å². The quantitative estimate of drug-likeness (QED) is 0.809. The minimum atomic E-state index is -0.0832. The Morgan fingerprint density at radius 2 is 2.00 bits per heavy atom. The number of imidazole rings is 1. The monoisotopic (exact) mass is 380 g/mol. The maximum absolute atomic E-state index is 12.9. The van der Waals surface area contributed by atoms with E-state index >= 15 is 0 Å². The number of nitrogens with zero attached hydrogens (tertiary/aromatic N) is 3. The van der Waals surface area contributed by atoms with Crippen LogP contribution in [-0.4, -0.2) is 45.8 Å². The van der Waals surface area contributed by atoms with E-state index in [0.717, 1.165) is 30.8 Å². The van der Waals surface area contributed by atoms with Gasteiger partial charge in [-0.1, -0.05) is 12.1 Å². The van der Waals surface area contributed by atoms with E-state index < -0.39 is 0 Å². The summed E-state index contributed by atoms with van der Waals surface area (Å²) in [5.74, 6) is 0.966. The predicted octanol–water partition coefficient (Wildman–Crippen LogP) is 2.43. The molecule has 1 saturated heterocycles. The average molecular weight is 380 g/mol. The summed E-state index contributed by atoms with van der Waals surface area (Å²) in [5.41, 5.74) is 3.42. The van der Waals surface area contributed by atoms with Crippen molar-refractivity contribution in [3.05, 3.63) is 53.1 Å². The summed E-state index contributed by atoms with van der Waals surface area (Å²) < 4.78 is 1.95. The molecule has 0 spiro atoms. The highest BCUT2D eigenvalue weighted by atomic mass is 16.2. The number of benzene rings is 1. The summed E-state index contributed by atoms with van der Waals surface area (Å²) in [5, 5.41) is 3.34. The zero-order valence-electron chi connectivity index (χ0n) is 16.5. The van der Waals surface area contributed by atoms with E-state index in [-0.39, 0.29) is 30.6 Å². The van der Waals surface area contributed by atoms with Gasteiger partial charge < -0.3 is 14.8 Å². The molecule has 0 radical (unpaired) electrons. The number of nitrogens with one attached hydrogen (secondary N) is 1. The lowest BCUT2D eigenvalue weighted by molar-refractivity contribution is -0.134. The molecule has 1 aliphatic carbocycles. The molecule has 6 nitrogen and oxygen atoms in total. The Labute approximate surface area is 165 Å². The molecule has 4 rings (SSSR count). The molecule has 0 bridgehead atoms. The second-order valence-corrected chi connectivity index (χ2v) is 7.82. The van der Waals surface area contributed by atoms with Gasteiger partial charge in [-0.15, -0.1) is 0 Å². The van der Waals surface area contributed by atoms with Crippen molar-refractivity contribution >= 4 is 11.7 Å². The Bertz CT molecular complexity index is 873. The number of ketones is 1. The smallest absolute Gasteiger partial charge is 0.223 e. The maximum Gasteiger partial charge on any atom is 0.223 e. The molecule has 28 heavy (non-hydrogen) atoms. The van der Waals surface area contributed by atoms with Crippen LogP contribution in [0.4, 0.5) is 0 Å². The molecule has 1 aromatic heterocycles. The van der Waals surface area contributed by atoms with E-state index in [1.807, 2.05) is 34.8 Å². The van der Waals surface area contributed by atoms with Crippen LogP contribution >= 0.6 is 0 Å². The third-order valence-electron chi connectivity index (χ3n) is 5.96. The third-order valence-corrected chi connectivity index (χ3v) is 5.96. The van der Waals surface area contributed by atoms with Gasteiger partial charge in [-0.05, 0) is 42.9 Å².